The summed E-state index contributed by atoms with van der Waals surface area (Å²) in [6.07, 6.45) is 0. The minimum absolute atomic E-state index is 0.0258. The average Bonchev–Trinajstić information content (AvgIpc) is 2.81. The number of carbonyl (C=O) groups excluding carboxylic acids is 2. The number of hydrogen-bond acceptors (Lipinski definition) is 5. The summed E-state index contributed by atoms with van der Waals surface area (Å²) in [5.41, 5.74) is 0.0686. The Hall–Kier alpha value is -3.20. The smallest absolute Gasteiger partial charge is 0.335 e. The van der Waals surface area contributed by atoms with Crippen LogP contribution in [0.5, 0.6) is 0 Å². The van der Waals surface area contributed by atoms with Crippen LogP contribution in [0.2, 0.25) is 0 Å². The lowest BCUT2D eigenvalue weighted by Crippen LogP contribution is -2.19. The first-order valence-corrected chi connectivity index (χ1v) is 8.12. The molecule has 3 N–H and O–H groups in total. The van der Waals surface area contributed by atoms with Gasteiger partial charge in [0.25, 0.3) is 21.8 Å². The van der Waals surface area contributed by atoms with Crippen molar-refractivity contribution in [2.24, 2.45) is 0 Å². The summed E-state index contributed by atoms with van der Waals surface area (Å²) in [6.45, 7) is 0. The van der Waals surface area contributed by atoms with E-state index in [9.17, 15) is 22.8 Å². The fourth-order valence-corrected chi connectivity index (χ4v) is 3.32. The first kappa shape index (κ1) is 15.7. The Morgan fingerprint density at radius 2 is 1.71 bits per heavy atom. The number of nitrogens with one attached hydrogen (secondary N) is 2. The number of hydrogen-bond donors (Lipinski definition) is 3. The van der Waals surface area contributed by atoms with Crippen LogP contribution in [0.15, 0.2) is 47.4 Å². The molecule has 8 nitrogen and oxygen atoms in total. The fraction of sp³-hybridized carbons (Fsp3) is 0. The molecule has 0 bridgehead atoms. The van der Waals surface area contributed by atoms with E-state index >= 15 is 0 Å². The van der Waals surface area contributed by atoms with Crippen molar-refractivity contribution in [1.29, 1.82) is 0 Å². The number of aromatic carboxylic acids is 1. The van der Waals surface area contributed by atoms with E-state index in [0.29, 0.717) is 0 Å². The summed E-state index contributed by atoms with van der Waals surface area (Å²) in [6, 6.07) is 8.83. The molecule has 1 aliphatic rings. The molecule has 0 saturated heterocycles. The Bertz CT molecular complexity index is 997. The first-order valence-electron chi connectivity index (χ1n) is 6.64. The quantitative estimate of drug-likeness (QED) is 0.710. The van der Waals surface area contributed by atoms with Crippen LogP contribution in [0, 0.1) is 0 Å². The summed E-state index contributed by atoms with van der Waals surface area (Å²) >= 11 is 0. The molecule has 2 aromatic rings. The summed E-state index contributed by atoms with van der Waals surface area (Å²) in [7, 11) is -4.05. The Labute approximate surface area is 136 Å². The molecule has 0 aromatic heterocycles. The lowest BCUT2D eigenvalue weighted by Gasteiger charge is -2.09. The zero-order chi connectivity index (χ0) is 17.5. The molecule has 2 aromatic carbocycles. The van der Waals surface area contributed by atoms with Crippen LogP contribution < -0.4 is 10.0 Å². The minimum Gasteiger partial charge on any atom is -0.478 e. The molecule has 0 unspecified atom stereocenters. The standard InChI is InChI=1S/C15H10N2O6S/c18-13-11-5-4-10(7-12(11)14(19)16-13)24(22,23)17-9-3-1-2-8(6-9)15(20)21/h1-7,17H,(H,20,21)(H,16,18,19). The van der Waals surface area contributed by atoms with Crippen LogP contribution in [-0.4, -0.2) is 31.3 Å². The number of benzene rings is 2. The summed E-state index contributed by atoms with van der Waals surface area (Å²) in [5.74, 6) is -2.44. The maximum Gasteiger partial charge on any atom is 0.335 e. The van der Waals surface area contributed by atoms with E-state index in [1.807, 2.05) is 0 Å². The van der Waals surface area contributed by atoms with E-state index < -0.39 is 27.8 Å². The number of fused-ring (bicyclic) bond motifs is 1. The van der Waals surface area contributed by atoms with Crippen LogP contribution in [0.3, 0.4) is 0 Å². The highest BCUT2D eigenvalue weighted by Crippen LogP contribution is 2.22. The van der Waals surface area contributed by atoms with Gasteiger partial charge in [-0.2, -0.15) is 0 Å². The van der Waals surface area contributed by atoms with Gasteiger partial charge in [-0.3, -0.25) is 19.6 Å². The number of carboxylic acids is 1. The van der Waals surface area contributed by atoms with Gasteiger partial charge in [0.15, 0.2) is 0 Å². The SMILES string of the molecule is O=C(O)c1cccc(NS(=O)(=O)c2ccc3c(c2)C(=O)NC3=O)c1. The molecule has 2 amide bonds. The van der Waals surface area contributed by atoms with Crippen molar-refractivity contribution in [3.05, 3.63) is 59.2 Å². The highest BCUT2D eigenvalue weighted by atomic mass is 32.2. The Morgan fingerprint density at radius 1 is 1.00 bits per heavy atom. The molecule has 122 valence electrons. The van der Waals surface area contributed by atoms with Gasteiger partial charge in [0, 0.05) is 5.69 Å². The van der Waals surface area contributed by atoms with Crippen molar-refractivity contribution in [3.8, 4) is 0 Å². The monoisotopic (exact) mass is 346 g/mol. The lowest BCUT2D eigenvalue weighted by atomic mass is 10.1. The second kappa shape index (κ2) is 5.46. The largest absolute Gasteiger partial charge is 0.478 e. The number of carboxylic acid groups (broad SMARTS) is 1. The van der Waals surface area contributed by atoms with Crippen molar-refractivity contribution in [3.63, 3.8) is 0 Å². The number of amides is 2. The molecule has 0 aliphatic carbocycles. The third-order valence-electron chi connectivity index (χ3n) is 3.38. The zero-order valence-electron chi connectivity index (χ0n) is 11.9. The average molecular weight is 346 g/mol. The molecule has 0 fully saturated rings. The fourth-order valence-electron chi connectivity index (χ4n) is 2.24. The van der Waals surface area contributed by atoms with E-state index in [0.717, 1.165) is 6.07 Å². The van der Waals surface area contributed by atoms with Gasteiger partial charge in [0.1, 0.15) is 0 Å². The third-order valence-corrected chi connectivity index (χ3v) is 4.76. The van der Waals surface area contributed by atoms with Gasteiger partial charge in [-0.25, -0.2) is 13.2 Å². The van der Waals surface area contributed by atoms with Crippen LogP contribution in [-0.2, 0) is 10.0 Å². The van der Waals surface area contributed by atoms with E-state index in [4.69, 9.17) is 5.11 Å². The Morgan fingerprint density at radius 3 is 2.42 bits per heavy atom. The molecule has 0 atom stereocenters. The van der Waals surface area contributed by atoms with Gasteiger partial charge in [-0.1, -0.05) is 6.07 Å². The second-order valence-corrected chi connectivity index (χ2v) is 6.66. The van der Waals surface area contributed by atoms with Gasteiger partial charge in [-0.05, 0) is 36.4 Å². The van der Waals surface area contributed by atoms with Crippen molar-refractivity contribution in [2.45, 2.75) is 4.90 Å². The van der Waals surface area contributed by atoms with Crippen LogP contribution >= 0.6 is 0 Å². The second-order valence-electron chi connectivity index (χ2n) is 4.98. The molecular formula is C15H10N2O6S. The summed E-state index contributed by atoms with van der Waals surface area (Å²) < 4.78 is 27.0. The Kier molecular flexibility index (Phi) is 3.57. The van der Waals surface area contributed by atoms with Crippen molar-refractivity contribution in [2.75, 3.05) is 4.72 Å². The van der Waals surface area contributed by atoms with Crippen molar-refractivity contribution in [1.82, 2.24) is 5.32 Å². The van der Waals surface area contributed by atoms with Crippen LogP contribution in [0.25, 0.3) is 0 Å². The molecule has 1 heterocycles. The molecule has 3 rings (SSSR count). The molecule has 0 radical (unpaired) electrons. The van der Waals surface area contributed by atoms with Crippen molar-refractivity contribution >= 4 is 33.5 Å². The van der Waals surface area contributed by atoms with E-state index in [1.54, 1.807) is 0 Å². The predicted molar refractivity (Wildman–Crippen MR) is 82.4 cm³/mol. The molecule has 0 spiro atoms. The molecular weight excluding hydrogens is 336 g/mol. The Balaban J connectivity index is 1.96. The van der Waals surface area contributed by atoms with E-state index in [1.165, 1.54) is 36.4 Å². The van der Waals surface area contributed by atoms with Gasteiger partial charge in [-0.15, -0.1) is 0 Å². The first-order chi connectivity index (χ1) is 11.3. The summed E-state index contributed by atoms with van der Waals surface area (Å²) in [4.78, 5) is 33.8. The minimum atomic E-state index is -4.05. The van der Waals surface area contributed by atoms with Crippen LogP contribution in [0.4, 0.5) is 5.69 Å². The normalized spacial score (nSPS) is 13.3. The van der Waals surface area contributed by atoms with Gasteiger partial charge in [0.2, 0.25) is 0 Å². The molecule has 24 heavy (non-hydrogen) atoms. The zero-order valence-corrected chi connectivity index (χ0v) is 12.8. The molecule has 9 heteroatoms. The number of anilines is 1. The number of rotatable bonds is 4. The lowest BCUT2D eigenvalue weighted by molar-refractivity contribution is 0.0696. The maximum atomic E-state index is 12.4. The number of sulfonamides is 1. The number of carbonyl (C=O) groups is 3. The van der Waals surface area contributed by atoms with Gasteiger partial charge >= 0.3 is 5.97 Å². The third kappa shape index (κ3) is 2.72. The van der Waals surface area contributed by atoms with Gasteiger partial charge in [0.05, 0.1) is 21.6 Å². The van der Waals surface area contributed by atoms with Gasteiger partial charge < -0.3 is 5.11 Å². The van der Waals surface area contributed by atoms with Crippen molar-refractivity contribution < 1.29 is 27.9 Å². The summed E-state index contributed by atoms with van der Waals surface area (Å²) in [5, 5.41) is 11.0. The number of imide groups is 1. The topological polar surface area (TPSA) is 130 Å². The predicted octanol–water partition coefficient (Wildman–Crippen LogP) is 1.07. The van der Waals surface area contributed by atoms with Crippen LogP contribution in [0.1, 0.15) is 31.1 Å². The maximum absolute atomic E-state index is 12.4. The van der Waals surface area contributed by atoms with E-state index in [-0.39, 0.29) is 27.3 Å². The molecule has 1 aliphatic heterocycles. The highest BCUT2D eigenvalue weighted by Gasteiger charge is 2.28. The van der Waals surface area contributed by atoms with E-state index in [2.05, 4.69) is 10.0 Å². The highest BCUT2D eigenvalue weighted by molar-refractivity contribution is 7.92. The molecule has 0 saturated carbocycles.